The van der Waals surface area contributed by atoms with Gasteiger partial charge in [-0.2, -0.15) is 0 Å². The highest BCUT2D eigenvalue weighted by Crippen LogP contribution is 2.25. The minimum atomic E-state index is -3.39. The van der Waals surface area contributed by atoms with E-state index in [0.29, 0.717) is 6.61 Å². The molecule has 0 radical (unpaired) electrons. The Bertz CT molecular complexity index is 576. The van der Waals surface area contributed by atoms with E-state index in [2.05, 4.69) is 16.8 Å². The van der Waals surface area contributed by atoms with Crippen LogP contribution in [0.25, 0.3) is 0 Å². The third-order valence-corrected chi connectivity index (χ3v) is 6.17. The lowest BCUT2D eigenvalue weighted by molar-refractivity contribution is 0.0384. The van der Waals surface area contributed by atoms with Crippen LogP contribution in [0.5, 0.6) is 0 Å². The lowest BCUT2D eigenvalue weighted by Gasteiger charge is -2.34. The van der Waals surface area contributed by atoms with Gasteiger partial charge in [0.25, 0.3) is 0 Å². The molecule has 1 aromatic rings. The molecule has 0 aromatic carbocycles. The van der Waals surface area contributed by atoms with Gasteiger partial charge in [0.05, 0.1) is 29.3 Å². The van der Waals surface area contributed by atoms with Crippen molar-refractivity contribution in [2.24, 2.45) is 0 Å². The van der Waals surface area contributed by atoms with E-state index >= 15 is 0 Å². The van der Waals surface area contributed by atoms with Gasteiger partial charge in [-0.25, -0.2) is 13.4 Å². The average Bonchev–Trinajstić information content (AvgIpc) is 2.46. The van der Waals surface area contributed by atoms with Crippen LogP contribution in [-0.2, 0) is 14.6 Å². The molecule has 1 atom stereocenters. The topological polar surface area (TPSA) is 59.5 Å². The Morgan fingerprint density at radius 3 is 2.62 bits per heavy atom. The molecule has 0 N–H and O–H groups in total. The van der Waals surface area contributed by atoms with Crippen molar-refractivity contribution in [3.05, 3.63) is 18.3 Å². The summed E-state index contributed by atoms with van der Waals surface area (Å²) in [4.78, 5) is 6.37. The third-order valence-electron chi connectivity index (χ3n) is 3.76. The summed E-state index contributed by atoms with van der Waals surface area (Å²) in [5.74, 6) is 0. The number of anilines is 1. The molecule has 0 amide bonds. The molecule has 1 fully saturated rings. The average molecular weight is 312 g/mol. The molecule has 0 aliphatic carbocycles. The van der Waals surface area contributed by atoms with Crippen molar-refractivity contribution < 1.29 is 13.2 Å². The zero-order chi connectivity index (χ0) is 15.7. The quantitative estimate of drug-likeness (QED) is 0.857. The first-order valence-corrected chi connectivity index (χ1v) is 8.81. The maximum atomic E-state index is 12.3. The van der Waals surface area contributed by atoms with E-state index in [0.717, 1.165) is 25.2 Å². The molecule has 21 heavy (non-hydrogen) atoms. The van der Waals surface area contributed by atoms with Crippen LogP contribution in [0.15, 0.2) is 23.4 Å². The Balaban J connectivity index is 2.20. The molecule has 0 saturated carbocycles. The number of ether oxygens (including phenoxy) is 1. The number of rotatable bonds is 3. The Hall–Kier alpha value is -1.14. The molecule has 1 aliphatic rings. The van der Waals surface area contributed by atoms with Crippen LogP contribution in [0.1, 0.15) is 34.1 Å². The maximum Gasteiger partial charge on any atom is 0.200 e. The van der Waals surface area contributed by atoms with E-state index in [4.69, 9.17) is 4.74 Å². The molecule has 118 valence electrons. The van der Waals surface area contributed by atoms with Gasteiger partial charge in [0, 0.05) is 13.1 Å². The van der Waals surface area contributed by atoms with Crippen molar-refractivity contribution in [1.82, 2.24) is 4.98 Å². The number of hydrogen-bond donors (Lipinski definition) is 0. The Labute approximate surface area is 127 Å². The highest BCUT2D eigenvalue weighted by molar-refractivity contribution is 7.92. The largest absolute Gasteiger partial charge is 0.375 e. The molecule has 1 unspecified atom stereocenters. The van der Waals surface area contributed by atoms with Gasteiger partial charge in [0.2, 0.25) is 0 Å². The third kappa shape index (κ3) is 3.37. The second-order valence-electron chi connectivity index (χ2n) is 6.32. The van der Waals surface area contributed by atoms with Crippen molar-refractivity contribution in [3.63, 3.8) is 0 Å². The van der Waals surface area contributed by atoms with E-state index in [1.807, 2.05) is 6.07 Å². The molecule has 0 bridgehead atoms. The second kappa shape index (κ2) is 5.93. The fourth-order valence-electron chi connectivity index (χ4n) is 2.23. The summed E-state index contributed by atoms with van der Waals surface area (Å²) in [7, 11) is -3.39. The number of hydrogen-bond acceptors (Lipinski definition) is 5. The van der Waals surface area contributed by atoms with Crippen molar-refractivity contribution >= 4 is 15.5 Å². The van der Waals surface area contributed by atoms with Gasteiger partial charge in [0.1, 0.15) is 0 Å². The summed E-state index contributed by atoms with van der Waals surface area (Å²) in [6.07, 6.45) is 2.86. The fourth-order valence-corrected chi connectivity index (χ4v) is 3.30. The van der Waals surface area contributed by atoms with Gasteiger partial charge in [-0.15, -0.1) is 0 Å². The molecule has 0 spiro atoms. The fraction of sp³-hybridized carbons (Fsp3) is 0.667. The highest BCUT2D eigenvalue weighted by Gasteiger charge is 2.32. The first kappa shape index (κ1) is 16.2. The predicted molar refractivity (Wildman–Crippen MR) is 83.4 cm³/mol. The summed E-state index contributed by atoms with van der Waals surface area (Å²) in [6.45, 7) is 9.49. The lowest BCUT2D eigenvalue weighted by Crippen LogP contribution is -2.42. The van der Waals surface area contributed by atoms with Crippen molar-refractivity contribution in [1.29, 1.82) is 0 Å². The summed E-state index contributed by atoms with van der Waals surface area (Å²) < 4.78 is 29.5. The molecular weight excluding hydrogens is 288 g/mol. The molecule has 6 heteroatoms. The smallest absolute Gasteiger partial charge is 0.200 e. The van der Waals surface area contributed by atoms with Gasteiger partial charge in [-0.3, -0.25) is 0 Å². The van der Waals surface area contributed by atoms with Crippen LogP contribution in [0, 0.1) is 0 Å². The summed E-state index contributed by atoms with van der Waals surface area (Å²) in [5.41, 5.74) is 0.949. The molecular formula is C15H24N2O3S. The van der Waals surface area contributed by atoms with Gasteiger partial charge in [-0.05, 0) is 39.3 Å². The zero-order valence-corrected chi connectivity index (χ0v) is 14.0. The molecule has 1 aromatic heterocycles. The lowest BCUT2D eigenvalue weighted by atomic mass is 10.2. The van der Waals surface area contributed by atoms with Gasteiger partial charge < -0.3 is 9.64 Å². The van der Waals surface area contributed by atoms with Crippen LogP contribution >= 0.6 is 0 Å². The zero-order valence-electron chi connectivity index (χ0n) is 13.2. The van der Waals surface area contributed by atoms with Gasteiger partial charge in [0.15, 0.2) is 14.9 Å². The van der Waals surface area contributed by atoms with E-state index in [-0.39, 0.29) is 11.1 Å². The van der Waals surface area contributed by atoms with E-state index in [1.165, 1.54) is 0 Å². The number of pyridine rings is 1. The van der Waals surface area contributed by atoms with Crippen molar-refractivity contribution in [3.8, 4) is 0 Å². The molecule has 1 saturated heterocycles. The van der Waals surface area contributed by atoms with Crippen molar-refractivity contribution in [2.45, 2.75) is 50.0 Å². The first-order valence-electron chi connectivity index (χ1n) is 7.33. The number of aromatic nitrogens is 1. The van der Waals surface area contributed by atoms with Crippen LogP contribution in [0.4, 0.5) is 5.69 Å². The summed E-state index contributed by atoms with van der Waals surface area (Å²) in [5, 5.41) is 0.138. The highest BCUT2D eigenvalue weighted by atomic mass is 32.2. The summed E-state index contributed by atoms with van der Waals surface area (Å²) in [6, 6.07) is 3.44. The normalized spacial score (nSPS) is 20.6. The number of morpholine rings is 1. The Morgan fingerprint density at radius 1 is 1.38 bits per heavy atom. The predicted octanol–water partition coefficient (Wildman–Crippen LogP) is 2.27. The second-order valence-corrected chi connectivity index (χ2v) is 8.97. The van der Waals surface area contributed by atoms with Gasteiger partial charge >= 0.3 is 0 Å². The Kier molecular flexibility index (Phi) is 4.58. The van der Waals surface area contributed by atoms with Crippen LogP contribution in [0.2, 0.25) is 0 Å². The van der Waals surface area contributed by atoms with Gasteiger partial charge in [-0.1, -0.05) is 6.92 Å². The number of nitrogens with zero attached hydrogens (tertiary/aromatic N) is 2. The van der Waals surface area contributed by atoms with Crippen LogP contribution in [0.3, 0.4) is 0 Å². The minimum absolute atomic E-state index is 0.138. The molecule has 2 rings (SSSR count). The SMILES string of the molecule is CCC1CN(c2ccc(S(=O)(=O)C(C)(C)C)nc2)CCO1. The van der Waals surface area contributed by atoms with E-state index in [1.54, 1.807) is 33.0 Å². The Morgan fingerprint density at radius 2 is 2.10 bits per heavy atom. The first-order chi connectivity index (χ1) is 9.75. The maximum absolute atomic E-state index is 12.3. The number of sulfone groups is 1. The monoisotopic (exact) mass is 312 g/mol. The van der Waals surface area contributed by atoms with Crippen LogP contribution in [-0.4, -0.2) is 43.9 Å². The standard InChI is InChI=1S/C15H24N2O3S/c1-5-13-11-17(8-9-20-13)12-6-7-14(16-10-12)21(18,19)15(2,3)4/h6-7,10,13H,5,8-9,11H2,1-4H3. The van der Waals surface area contributed by atoms with E-state index in [9.17, 15) is 8.42 Å². The van der Waals surface area contributed by atoms with E-state index < -0.39 is 14.6 Å². The van der Waals surface area contributed by atoms with Crippen LogP contribution < -0.4 is 4.90 Å². The molecule has 2 heterocycles. The van der Waals surface area contributed by atoms with Crippen molar-refractivity contribution in [2.75, 3.05) is 24.6 Å². The molecule has 5 nitrogen and oxygen atoms in total. The molecule has 1 aliphatic heterocycles. The minimum Gasteiger partial charge on any atom is -0.375 e. The summed E-state index contributed by atoms with van der Waals surface area (Å²) >= 11 is 0.